The molecule has 10 atom stereocenters. The Balaban J connectivity index is 1.83. The molecule has 2 aromatic rings. The second kappa shape index (κ2) is 43.4. The van der Waals surface area contributed by atoms with Crippen LogP contribution in [0.5, 0.6) is 0 Å². The number of cyclic esters (lactones) is 2. The molecule has 568 valence electrons. The highest BCUT2D eigenvalue weighted by atomic mass is 35.5. The summed E-state index contributed by atoms with van der Waals surface area (Å²) in [5, 5.41) is 14.0. The summed E-state index contributed by atoms with van der Waals surface area (Å²) in [7, 11) is 5.98. The number of urea groups is 1. The molecule has 1 aliphatic rings. The fraction of sp³-hybridized carbons (Fsp3) is 0.616. The molecule has 28 nitrogen and oxygen atoms in total. The van der Waals surface area contributed by atoms with Gasteiger partial charge in [-0.3, -0.25) is 28.8 Å². The molecule has 10 amide bonds. The maximum atomic E-state index is 14.5. The van der Waals surface area contributed by atoms with Crippen LogP contribution in [0, 0.1) is 23.7 Å². The standard InChI is InChI=1S/C73H113ClN12O16/c1-18-46(7)61-65(91)80-73(12,13)69(95)102-62(47(8)19-2)49(10)58(35-26-48(9)68(94)100-59(39-44(3)4)64(90)77-50(11)66(92)86(17)57(40-51-27-31-53(74)32-28-51)67(93)85(16)41-60(88)79-61)101-72(98)84(15)38-23-21-20-22-37-83(14)71(97)99-43-52-29-33-54(34-30-52)78-63(89)55(25-24-36-76-70(75)96)81-82-56(42-87)45(5)6/h19,26-34,42,44-46,49-50,55-59,61-62,81-82H,18,20-25,35-41,43H2,1-17H3,(H,77,90)(H,78,89)(H,79,88)(H,80,91)(H3,75,76,96)/b47-19+,48-26+/t46-,49+,50+,55+,56-,57-,58+,59-,61+,62-/m1/s1. The monoisotopic (exact) mass is 1450 g/mol. The van der Waals surface area contributed by atoms with Crippen LogP contribution in [0.1, 0.15) is 159 Å². The zero-order valence-electron chi connectivity index (χ0n) is 62.7. The summed E-state index contributed by atoms with van der Waals surface area (Å²) in [6.45, 7) is 22.3. The number of amides is 10. The van der Waals surface area contributed by atoms with Gasteiger partial charge in [0, 0.05) is 82.9 Å². The molecule has 0 spiro atoms. The van der Waals surface area contributed by atoms with Crippen LogP contribution in [0.15, 0.2) is 71.8 Å². The lowest BCUT2D eigenvalue weighted by Crippen LogP contribution is -2.60. The van der Waals surface area contributed by atoms with Gasteiger partial charge in [-0.25, -0.2) is 34.8 Å². The highest BCUT2D eigenvalue weighted by Crippen LogP contribution is 2.28. The highest BCUT2D eigenvalue weighted by Gasteiger charge is 2.41. The number of carbonyl (C=O) groups excluding carboxylic acids is 12. The van der Waals surface area contributed by atoms with Crippen molar-refractivity contribution in [2.75, 3.05) is 59.7 Å². The molecule has 0 radical (unpaired) electrons. The van der Waals surface area contributed by atoms with Crippen molar-refractivity contribution in [2.24, 2.45) is 29.4 Å². The number of nitrogens with two attached hydrogens (primary N) is 1. The van der Waals surface area contributed by atoms with Crippen LogP contribution < -0.4 is 43.2 Å². The van der Waals surface area contributed by atoms with Crippen molar-refractivity contribution in [2.45, 2.75) is 215 Å². The lowest BCUT2D eigenvalue weighted by atomic mass is 9.90. The topological polar surface area (TPSA) is 365 Å². The molecule has 1 heterocycles. The normalized spacial score (nSPS) is 21.8. The van der Waals surface area contributed by atoms with Crippen LogP contribution in [-0.2, 0) is 75.1 Å². The van der Waals surface area contributed by atoms with Gasteiger partial charge in [0.15, 0.2) is 6.10 Å². The molecule has 9 N–H and O–H groups in total. The number of allylic oxidation sites excluding steroid dienone is 1. The molecule has 0 saturated heterocycles. The molecule has 0 saturated carbocycles. The lowest BCUT2D eigenvalue weighted by Gasteiger charge is -2.35. The van der Waals surface area contributed by atoms with Crippen molar-refractivity contribution >= 4 is 89.2 Å². The van der Waals surface area contributed by atoms with E-state index in [1.54, 1.807) is 96.4 Å². The minimum atomic E-state index is -1.72. The number of primary amides is 1. The number of unbranched alkanes of at least 4 members (excludes halogenated alkanes) is 3. The molecule has 0 aliphatic carbocycles. The molecule has 0 bridgehead atoms. The summed E-state index contributed by atoms with van der Waals surface area (Å²) in [5.74, 6) is -7.15. The number of esters is 2. The molecular weight excluding hydrogens is 1340 g/mol. The maximum Gasteiger partial charge on any atom is 0.409 e. The third-order valence-electron chi connectivity index (χ3n) is 17.9. The molecule has 0 fully saturated rings. The fourth-order valence-corrected chi connectivity index (χ4v) is 10.9. The number of aldehydes is 1. The third kappa shape index (κ3) is 29.4. The number of nitrogens with one attached hydrogen (secondary N) is 7. The van der Waals surface area contributed by atoms with Crippen molar-refractivity contribution in [1.82, 2.24) is 51.7 Å². The van der Waals surface area contributed by atoms with Gasteiger partial charge in [-0.15, -0.1) is 0 Å². The van der Waals surface area contributed by atoms with Gasteiger partial charge in [-0.05, 0) is 132 Å². The summed E-state index contributed by atoms with van der Waals surface area (Å²) < 4.78 is 24.0. The Kier molecular flexibility index (Phi) is 37.2. The van der Waals surface area contributed by atoms with Crippen LogP contribution in [0.3, 0.4) is 0 Å². The van der Waals surface area contributed by atoms with Crippen molar-refractivity contribution in [1.29, 1.82) is 0 Å². The second-order valence-electron chi connectivity index (χ2n) is 27.7. The summed E-state index contributed by atoms with van der Waals surface area (Å²) in [6, 6.07) is 7.76. The smallest absolute Gasteiger partial charge is 0.409 e. The SMILES string of the molecule is C/C=C(\C)[C@H]1OC(=O)C(C)(C)NC(=O)[C@H]([C@H](C)CC)NC(=O)CN(C)C(=O)[C@@H](Cc2ccc(Cl)cc2)N(C)C(=O)[C@H](C)NC(=O)[C@@H](CC(C)C)OC(=O)/C(C)=C/C[C@H](OC(=O)N(C)CCCCCCN(C)C(=O)OCc2ccc(NC(=O)[C@H](CCCNC(N)=O)NN[C@H](C=O)C(C)C)cc2)[C@@H]1C. The zero-order valence-corrected chi connectivity index (χ0v) is 63.4. The number of hydrogen-bond acceptors (Lipinski definition) is 18. The minimum Gasteiger partial charge on any atom is -0.456 e. The predicted molar refractivity (Wildman–Crippen MR) is 388 cm³/mol. The predicted octanol–water partition coefficient (Wildman–Crippen LogP) is 7.26. The van der Waals surface area contributed by atoms with Gasteiger partial charge in [0.25, 0.3) is 5.91 Å². The van der Waals surface area contributed by atoms with Gasteiger partial charge < -0.3 is 75.7 Å². The largest absolute Gasteiger partial charge is 0.456 e. The Morgan fingerprint density at radius 3 is 2.00 bits per heavy atom. The van der Waals surface area contributed by atoms with E-state index >= 15 is 0 Å². The summed E-state index contributed by atoms with van der Waals surface area (Å²) in [4.78, 5) is 168. The first-order valence-corrected chi connectivity index (χ1v) is 35.4. The first-order valence-electron chi connectivity index (χ1n) is 35.0. The first kappa shape index (κ1) is 87.6. The number of rotatable bonds is 28. The number of ether oxygens (including phenoxy) is 4. The lowest BCUT2D eigenvalue weighted by molar-refractivity contribution is -0.160. The van der Waals surface area contributed by atoms with Crippen LogP contribution >= 0.6 is 11.6 Å². The van der Waals surface area contributed by atoms with E-state index in [4.69, 9.17) is 36.3 Å². The zero-order chi connectivity index (χ0) is 76.7. The van der Waals surface area contributed by atoms with Gasteiger partial charge in [-0.2, -0.15) is 0 Å². The van der Waals surface area contributed by atoms with Crippen LogP contribution in [0.25, 0.3) is 0 Å². The molecule has 102 heavy (non-hydrogen) atoms. The van der Waals surface area contributed by atoms with E-state index in [0.29, 0.717) is 78.9 Å². The van der Waals surface area contributed by atoms with Crippen molar-refractivity contribution in [3.63, 3.8) is 0 Å². The quantitative estimate of drug-likeness (QED) is 0.0104. The maximum absolute atomic E-state index is 14.5. The van der Waals surface area contributed by atoms with Gasteiger partial charge in [-0.1, -0.05) is 116 Å². The van der Waals surface area contributed by atoms with E-state index < -0.39 is 132 Å². The summed E-state index contributed by atoms with van der Waals surface area (Å²) >= 11 is 6.19. The molecule has 1 aliphatic heterocycles. The van der Waals surface area contributed by atoms with Crippen LogP contribution in [0.2, 0.25) is 5.02 Å². The molecule has 3 rings (SSSR count). The van der Waals surface area contributed by atoms with E-state index in [1.807, 2.05) is 34.6 Å². The molecule has 0 aromatic heterocycles. The summed E-state index contributed by atoms with van der Waals surface area (Å²) in [6.07, 6.45) is 2.80. The van der Waals surface area contributed by atoms with E-state index in [0.717, 1.165) is 11.2 Å². The number of nitrogens with zero attached hydrogens (tertiary/aromatic N) is 4. The first-order chi connectivity index (χ1) is 47.9. The van der Waals surface area contributed by atoms with E-state index in [-0.39, 0.29) is 62.3 Å². The van der Waals surface area contributed by atoms with Crippen LogP contribution in [0.4, 0.5) is 20.1 Å². The van der Waals surface area contributed by atoms with Crippen molar-refractivity contribution in [3.8, 4) is 0 Å². The molecule has 29 heteroatoms. The Hall–Kier alpha value is -8.63. The fourth-order valence-electron chi connectivity index (χ4n) is 10.8. The van der Waals surface area contributed by atoms with Gasteiger partial charge in [0.1, 0.15) is 54.8 Å². The average molecular weight is 1450 g/mol. The van der Waals surface area contributed by atoms with Crippen LogP contribution in [-0.4, -0.2) is 200 Å². The number of carbonyl (C=O) groups is 12. The van der Waals surface area contributed by atoms with E-state index in [9.17, 15) is 57.5 Å². The van der Waals surface area contributed by atoms with E-state index in [1.165, 1.54) is 62.6 Å². The van der Waals surface area contributed by atoms with Crippen molar-refractivity contribution in [3.05, 3.63) is 88.0 Å². The molecular formula is C73H113ClN12O16. The van der Waals surface area contributed by atoms with Gasteiger partial charge in [0.2, 0.25) is 29.5 Å². The third-order valence-corrected chi connectivity index (χ3v) is 18.1. The number of likely N-dealkylation sites (N-methyl/N-ethyl adjacent to an activating group) is 2. The minimum absolute atomic E-state index is 0.0222. The Bertz CT molecular complexity index is 3200. The Morgan fingerprint density at radius 1 is 0.824 bits per heavy atom. The number of hydrogen-bond donors (Lipinski definition) is 8. The Morgan fingerprint density at radius 2 is 1.43 bits per heavy atom. The Labute approximate surface area is 606 Å². The average Bonchev–Trinajstić information content (AvgIpc) is 0.826. The highest BCUT2D eigenvalue weighted by molar-refractivity contribution is 6.30. The second-order valence-corrected chi connectivity index (χ2v) is 28.2. The van der Waals surface area contributed by atoms with E-state index in [2.05, 4.69) is 37.4 Å². The number of halogens is 1. The van der Waals surface area contributed by atoms with Crippen molar-refractivity contribution < 1.29 is 76.5 Å². The van der Waals surface area contributed by atoms with Gasteiger partial charge in [0.05, 0.1) is 12.6 Å². The molecule has 0 unspecified atom stereocenters. The summed E-state index contributed by atoms with van der Waals surface area (Å²) in [5.41, 5.74) is 11.7. The van der Waals surface area contributed by atoms with Gasteiger partial charge >= 0.3 is 30.2 Å². The molecule has 2 aromatic carbocycles. The number of anilines is 1. The number of hydrazine groups is 1. The number of benzene rings is 2.